The first kappa shape index (κ1) is 15.9. The molecule has 0 aromatic carbocycles. The van der Waals surface area contributed by atoms with Gasteiger partial charge in [0.15, 0.2) is 0 Å². The molecule has 0 bridgehead atoms. The highest BCUT2D eigenvalue weighted by molar-refractivity contribution is 7.85. The summed E-state index contributed by atoms with van der Waals surface area (Å²) in [5, 5.41) is 3.18. The second-order valence-electron chi connectivity index (χ2n) is 3.85. The number of allylic oxidation sites excluding steroid dienone is 2. The van der Waals surface area contributed by atoms with Gasteiger partial charge in [0, 0.05) is 0 Å². The number of nitrogens with one attached hydrogen (secondary N) is 1. The Bertz CT molecular complexity index is 400. The Morgan fingerprint density at radius 3 is 2.53 bits per heavy atom. The second-order valence-corrected chi connectivity index (χ2v) is 5.42. The Hall–Kier alpha value is -1.11. The van der Waals surface area contributed by atoms with E-state index >= 15 is 0 Å². The Labute approximate surface area is 102 Å². The van der Waals surface area contributed by atoms with Crippen LogP contribution >= 0.6 is 0 Å². The average Bonchev–Trinajstić information content (AvgIpc) is 2.25. The van der Waals surface area contributed by atoms with Crippen molar-refractivity contribution >= 4 is 10.1 Å². The van der Waals surface area contributed by atoms with Gasteiger partial charge in [0.1, 0.15) is 0 Å². The molecule has 98 valence electrons. The quantitative estimate of drug-likeness (QED) is 0.420. The maximum atomic E-state index is 10.5. The third-order valence-electron chi connectivity index (χ3n) is 2.56. The fourth-order valence-electron chi connectivity index (χ4n) is 1.62. The molecule has 0 amide bonds. The molecule has 0 aromatic heterocycles. The molecule has 6 heteroatoms. The first-order chi connectivity index (χ1) is 7.47. The summed E-state index contributed by atoms with van der Waals surface area (Å²) in [4.78, 5) is 0. The zero-order chi connectivity index (χ0) is 12.1. The zero-order valence-electron chi connectivity index (χ0n) is 9.59. The fourth-order valence-corrected chi connectivity index (χ4v) is 2.19. The van der Waals surface area contributed by atoms with Crippen LogP contribution in [0.25, 0.3) is 0 Å². The molecule has 1 unspecified atom stereocenters. The predicted octanol–water partition coefficient (Wildman–Crippen LogP) is 0.818. The van der Waals surface area contributed by atoms with E-state index < -0.39 is 10.1 Å². The van der Waals surface area contributed by atoms with Gasteiger partial charge in [-0.2, -0.15) is 8.42 Å². The summed E-state index contributed by atoms with van der Waals surface area (Å²) < 4.78 is 29.6. The van der Waals surface area contributed by atoms with Crippen molar-refractivity contribution in [1.29, 1.82) is 0 Å². The van der Waals surface area contributed by atoms with Crippen LogP contribution in [0, 0.1) is 0 Å². The van der Waals surface area contributed by atoms with E-state index in [1.54, 1.807) is 6.08 Å². The van der Waals surface area contributed by atoms with E-state index in [1.165, 1.54) is 0 Å². The lowest BCUT2D eigenvalue weighted by molar-refractivity contribution is 0.466. The van der Waals surface area contributed by atoms with Gasteiger partial charge in [-0.3, -0.25) is 4.55 Å². The van der Waals surface area contributed by atoms with Crippen LogP contribution < -0.4 is 5.32 Å². The number of dihydropyridines is 1. The van der Waals surface area contributed by atoms with Gasteiger partial charge in [0.2, 0.25) is 0 Å². The molecule has 17 heavy (non-hydrogen) atoms. The highest BCUT2D eigenvalue weighted by atomic mass is 32.2. The number of unbranched alkanes of at least 4 members (excludes halogenated alkanes) is 1. The van der Waals surface area contributed by atoms with Crippen molar-refractivity contribution in [2.75, 3.05) is 5.75 Å². The van der Waals surface area contributed by atoms with E-state index in [9.17, 15) is 8.42 Å². The molecule has 1 aliphatic heterocycles. The summed E-state index contributed by atoms with van der Waals surface area (Å²) in [6.07, 6.45) is 11.4. The first-order valence-electron chi connectivity index (χ1n) is 5.18. The van der Waals surface area contributed by atoms with Crippen LogP contribution in [-0.2, 0) is 10.1 Å². The van der Waals surface area contributed by atoms with Gasteiger partial charge in [0.05, 0.1) is 11.3 Å². The zero-order valence-corrected chi connectivity index (χ0v) is 10.4. The highest BCUT2D eigenvalue weighted by Gasteiger charge is 2.22. The van der Waals surface area contributed by atoms with Crippen LogP contribution in [-0.4, -0.2) is 29.7 Å². The molecule has 1 atom stereocenters. The summed E-state index contributed by atoms with van der Waals surface area (Å²) in [5.74, 6) is -0.181. The molecule has 0 aromatic rings. The molecule has 0 fully saturated rings. The molecule has 1 rings (SSSR count). The summed E-state index contributed by atoms with van der Waals surface area (Å²) in [5.41, 5.74) is -0.284. The van der Waals surface area contributed by atoms with Crippen molar-refractivity contribution in [2.24, 2.45) is 0 Å². The van der Waals surface area contributed by atoms with Crippen molar-refractivity contribution in [3.8, 4) is 0 Å². The SMILES string of the molecule is C=CC1(CCCCS(=O)(=O)O)C=CC=CN1.O. The van der Waals surface area contributed by atoms with Crippen LogP contribution in [0.15, 0.2) is 37.1 Å². The normalized spacial score (nSPS) is 22.6. The fraction of sp³-hybridized carbons (Fsp3) is 0.455. The molecular weight excluding hydrogens is 242 g/mol. The summed E-state index contributed by atoms with van der Waals surface area (Å²) in [7, 11) is -3.83. The van der Waals surface area contributed by atoms with E-state index in [2.05, 4.69) is 11.9 Å². The van der Waals surface area contributed by atoms with Crippen molar-refractivity contribution in [3.63, 3.8) is 0 Å². The molecule has 0 aliphatic carbocycles. The predicted molar refractivity (Wildman–Crippen MR) is 68.2 cm³/mol. The van der Waals surface area contributed by atoms with Gasteiger partial charge >= 0.3 is 0 Å². The van der Waals surface area contributed by atoms with Gasteiger partial charge in [-0.1, -0.05) is 18.2 Å². The Balaban J connectivity index is 0.00000256. The van der Waals surface area contributed by atoms with Gasteiger partial charge in [0.25, 0.3) is 10.1 Å². The molecule has 0 saturated heterocycles. The maximum absolute atomic E-state index is 10.5. The third kappa shape index (κ3) is 5.67. The molecule has 5 nitrogen and oxygen atoms in total. The van der Waals surface area contributed by atoms with Crippen LogP contribution in [0.3, 0.4) is 0 Å². The van der Waals surface area contributed by atoms with E-state index in [1.807, 2.05) is 24.4 Å². The van der Waals surface area contributed by atoms with E-state index in [0.717, 1.165) is 6.42 Å². The highest BCUT2D eigenvalue weighted by Crippen LogP contribution is 2.20. The van der Waals surface area contributed by atoms with Crippen molar-refractivity contribution in [2.45, 2.75) is 24.8 Å². The molecular formula is C11H19NO4S. The molecule has 0 radical (unpaired) electrons. The molecule has 1 heterocycles. The maximum Gasteiger partial charge on any atom is 0.264 e. The smallest absolute Gasteiger partial charge is 0.264 e. The van der Waals surface area contributed by atoms with Crippen LogP contribution in [0.4, 0.5) is 0 Å². The third-order valence-corrected chi connectivity index (χ3v) is 3.36. The molecule has 0 spiro atoms. The lowest BCUT2D eigenvalue weighted by Crippen LogP contribution is -2.39. The number of hydrogen-bond acceptors (Lipinski definition) is 3. The minimum absolute atomic E-state index is 0. The van der Waals surface area contributed by atoms with Crippen LogP contribution in [0.2, 0.25) is 0 Å². The Kier molecular flexibility index (Phi) is 6.15. The summed E-state index contributed by atoms with van der Waals surface area (Å²) in [6, 6.07) is 0. The van der Waals surface area contributed by atoms with E-state index in [4.69, 9.17) is 4.55 Å². The van der Waals surface area contributed by atoms with Crippen molar-refractivity contribution in [1.82, 2.24) is 5.32 Å². The second kappa shape index (κ2) is 6.58. The van der Waals surface area contributed by atoms with Gasteiger partial charge < -0.3 is 10.8 Å². The van der Waals surface area contributed by atoms with E-state index in [0.29, 0.717) is 12.8 Å². The van der Waals surface area contributed by atoms with Gasteiger partial charge in [-0.05, 0) is 31.5 Å². The summed E-state index contributed by atoms with van der Waals surface area (Å²) >= 11 is 0. The molecule has 0 saturated carbocycles. The number of rotatable bonds is 6. The lowest BCUT2D eigenvalue weighted by atomic mass is 9.91. The first-order valence-corrected chi connectivity index (χ1v) is 6.79. The van der Waals surface area contributed by atoms with Gasteiger partial charge in [-0.25, -0.2) is 0 Å². The van der Waals surface area contributed by atoms with Gasteiger partial charge in [-0.15, -0.1) is 6.58 Å². The Morgan fingerprint density at radius 2 is 2.06 bits per heavy atom. The summed E-state index contributed by atoms with van der Waals surface area (Å²) in [6.45, 7) is 3.77. The minimum Gasteiger partial charge on any atom is -0.412 e. The monoisotopic (exact) mass is 261 g/mol. The van der Waals surface area contributed by atoms with Crippen LogP contribution in [0.5, 0.6) is 0 Å². The molecule has 4 N–H and O–H groups in total. The van der Waals surface area contributed by atoms with E-state index in [-0.39, 0.29) is 16.8 Å². The topological polar surface area (TPSA) is 97.9 Å². The van der Waals surface area contributed by atoms with Crippen LogP contribution in [0.1, 0.15) is 19.3 Å². The standard InChI is InChI=1S/C11H17NO3S.H2O/c1-2-11(7-3-5-9-12-11)8-4-6-10-16(13,14)15;/h2-3,5,7,9,12H,1,4,6,8,10H2,(H,13,14,15);1H2. The minimum atomic E-state index is -3.83. The van der Waals surface area contributed by atoms with Crippen molar-refractivity contribution in [3.05, 3.63) is 37.1 Å². The lowest BCUT2D eigenvalue weighted by Gasteiger charge is -2.29. The number of hydrogen-bond donors (Lipinski definition) is 2. The average molecular weight is 261 g/mol. The van der Waals surface area contributed by atoms with Crippen molar-refractivity contribution < 1.29 is 18.4 Å². The Morgan fingerprint density at radius 1 is 1.35 bits per heavy atom. The molecule has 1 aliphatic rings. The largest absolute Gasteiger partial charge is 0.412 e.